The van der Waals surface area contributed by atoms with Crippen molar-refractivity contribution in [3.8, 4) is 12.1 Å². The van der Waals surface area contributed by atoms with Gasteiger partial charge in [-0.3, -0.25) is 4.79 Å². The summed E-state index contributed by atoms with van der Waals surface area (Å²) in [6.45, 7) is 0. The van der Waals surface area contributed by atoms with Crippen LogP contribution in [-0.2, 0) is 0 Å². The number of anilines is 1. The van der Waals surface area contributed by atoms with Gasteiger partial charge >= 0.3 is 0 Å². The zero-order valence-electron chi connectivity index (χ0n) is 10.1. The van der Waals surface area contributed by atoms with Gasteiger partial charge in [0, 0.05) is 5.69 Å². The molecule has 0 saturated heterocycles. The van der Waals surface area contributed by atoms with Crippen LogP contribution in [0.4, 0.5) is 5.69 Å². The molecule has 0 unspecified atom stereocenters. The Hall–Kier alpha value is -2.70. The van der Waals surface area contributed by atoms with E-state index < -0.39 is 0 Å². The number of halogens is 1. The summed E-state index contributed by atoms with van der Waals surface area (Å²) in [4.78, 5) is 16.0. The van der Waals surface area contributed by atoms with Gasteiger partial charge in [-0.05, 0) is 46.3 Å². The molecule has 1 aromatic carbocycles. The van der Waals surface area contributed by atoms with E-state index in [0.717, 1.165) is 0 Å². The second-order valence-electron chi connectivity index (χ2n) is 3.78. The maximum atomic E-state index is 12.0. The lowest BCUT2D eigenvalue weighted by Gasteiger charge is -2.05. The van der Waals surface area contributed by atoms with Crippen molar-refractivity contribution in [3.05, 3.63) is 57.8 Å². The van der Waals surface area contributed by atoms with Crippen molar-refractivity contribution < 1.29 is 4.79 Å². The lowest BCUT2D eigenvalue weighted by Crippen LogP contribution is -2.13. The number of hydrogen-bond donors (Lipinski definition) is 1. The third kappa shape index (κ3) is 3.00. The number of hydrogen-bond acceptors (Lipinski definition) is 4. The van der Waals surface area contributed by atoms with Crippen molar-refractivity contribution in [3.63, 3.8) is 0 Å². The van der Waals surface area contributed by atoms with Crippen LogP contribution in [0, 0.1) is 22.7 Å². The number of carbonyl (C=O) groups is 1. The minimum atomic E-state index is -0.389. The Labute approximate surface area is 123 Å². The maximum absolute atomic E-state index is 12.0. The molecule has 20 heavy (non-hydrogen) atoms. The van der Waals surface area contributed by atoms with Crippen LogP contribution < -0.4 is 5.32 Å². The van der Waals surface area contributed by atoms with Crippen LogP contribution >= 0.6 is 15.9 Å². The Morgan fingerprint density at radius 2 is 1.90 bits per heavy atom. The molecule has 0 radical (unpaired) electrons. The van der Waals surface area contributed by atoms with Gasteiger partial charge in [-0.1, -0.05) is 6.07 Å². The normalized spacial score (nSPS) is 9.35. The Kier molecular flexibility index (Phi) is 4.09. The molecule has 0 bridgehead atoms. The minimum Gasteiger partial charge on any atom is -0.321 e. The number of nitrogens with zero attached hydrogens (tertiary/aromatic N) is 3. The zero-order chi connectivity index (χ0) is 14.5. The number of amides is 1. The number of rotatable bonds is 2. The molecule has 1 aromatic heterocycles. The van der Waals surface area contributed by atoms with E-state index in [1.165, 1.54) is 12.1 Å². The van der Waals surface area contributed by atoms with E-state index in [0.29, 0.717) is 10.3 Å². The van der Waals surface area contributed by atoms with Crippen LogP contribution in [0.2, 0.25) is 0 Å². The summed E-state index contributed by atoms with van der Waals surface area (Å²) >= 11 is 3.19. The van der Waals surface area contributed by atoms with E-state index in [1.54, 1.807) is 24.3 Å². The van der Waals surface area contributed by atoms with Crippen molar-refractivity contribution in [2.45, 2.75) is 0 Å². The number of carbonyl (C=O) groups excluding carboxylic acids is 1. The van der Waals surface area contributed by atoms with E-state index in [4.69, 9.17) is 10.5 Å². The molecular weight excluding hydrogens is 320 g/mol. The van der Waals surface area contributed by atoms with E-state index in [1.807, 2.05) is 12.1 Å². The smallest absolute Gasteiger partial charge is 0.274 e. The fraction of sp³-hybridized carbons (Fsp3) is 0. The SMILES string of the molecule is N#Cc1ccc(NC(=O)c2cccc(Br)n2)cc1C#N. The zero-order valence-corrected chi connectivity index (χ0v) is 11.7. The second kappa shape index (κ2) is 5.96. The fourth-order valence-corrected chi connectivity index (χ4v) is 1.89. The molecular formula is C14H7BrN4O. The highest BCUT2D eigenvalue weighted by Crippen LogP contribution is 2.16. The predicted octanol–water partition coefficient (Wildman–Crippen LogP) is 2.84. The quantitative estimate of drug-likeness (QED) is 0.859. The van der Waals surface area contributed by atoms with Crippen LogP contribution in [-0.4, -0.2) is 10.9 Å². The lowest BCUT2D eigenvalue weighted by molar-refractivity contribution is 0.102. The fourth-order valence-electron chi connectivity index (χ4n) is 1.54. The molecule has 0 fully saturated rings. The number of nitriles is 2. The van der Waals surface area contributed by atoms with E-state index in [2.05, 4.69) is 26.2 Å². The number of nitrogens with one attached hydrogen (secondary N) is 1. The first-order valence-corrected chi connectivity index (χ1v) is 6.31. The van der Waals surface area contributed by atoms with Crippen molar-refractivity contribution in [1.82, 2.24) is 4.98 Å². The largest absolute Gasteiger partial charge is 0.321 e. The first kappa shape index (κ1) is 13.7. The Balaban J connectivity index is 2.25. The van der Waals surface area contributed by atoms with E-state index in [-0.39, 0.29) is 22.7 Å². The summed E-state index contributed by atoms with van der Waals surface area (Å²) in [7, 11) is 0. The van der Waals surface area contributed by atoms with E-state index >= 15 is 0 Å². The molecule has 6 heteroatoms. The molecule has 2 aromatic rings. The van der Waals surface area contributed by atoms with Crippen LogP contribution in [0.15, 0.2) is 41.0 Å². The van der Waals surface area contributed by atoms with Gasteiger partial charge in [-0.2, -0.15) is 10.5 Å². The first-order chi connectivity index (χ1) is 9.63. The molecule has 2 rings (SSSR count). The molecule has 0 aliphatic heterocycles. The van der Waals surface area contributed by atoms with Gasteiger partial charge < -0.3 is 5.32 Å². The monoisotopic (exact) mass is 326 g/mol. The highest BCUT2D eigenvalue weighted by Gasteiger charge is 2.09. The summed E-state index contributed by atoms with van der Waals surface area (Å²) in [5.41, 5.74) is 1.17. The summed E-state index contributed by atoms with van der Waals surface area (Å²) in [5.74, 6) is -0.389. The molecule has 0 spiro atoms. The molecule has 96 valence electrons. The second-order valence-corrected chi connectivity index (χ2v) is 4.60. The summed E-state index contributed by atoms with van der Waals surface area (Å²) in [6, 6.07) is 13.3. The van der Waals surface area contributed by atoms with Crippen LogP contribution in [0.1, 0.15) is 21.6 Å². The molecule has 0 aliphatic carbocycles. The highest BCUT2D eigenvalue weighted by molar-refractivity contribution is 9.10. The van der Waals surface area contributed by atoms with Gasteiger partial charge in [0.1, 0.15) is 22.4 Å². The standard InChI is InChI=1S/C14H7BrN4O/c15-13-3-1-2-12(19-13)14(20)18-11-5-4-9(7-16)10(6-11)8-17/h1-6H,(H,18,20). The highest BCUT2D eigenvalue weighted by atomic mass is 79.9. The van der Waals surface area contributed by atoms with Crippen molar-refractivity contribution in [2.75, 3.05) is 5.32 Å². The van der Waals surface area contributed by atoms with Crippen LogP contribution in [0.25, 0.3) is 0 Å². The number of benzene rings is 1. The topological polar surface area (TPSA) is 89.6 Å². The van der Waals surface area contributed by atoms with Gasteiger partial charge in [0.2, 0.25) is 0 Å². The predicted molar refractivity (Wildman–Crippen MR) is 75.8 cm³/mol. The molecule has 1 amide bonds. The Morgan fingerprint density at radius 3 is 2.55 bits per heavy atom. The molecule has 1 heterocycles. The van der Waals surface area contributed by atoms with Gasteiger partial charge in [-0.15, -0.1) is 0 Å². The number of pyridine rings is 1. The van der Waals surface area contributed by atoms with Crippen LogP contribution in [0.3, 0.4) is 0 Å². The third-order valence-corrected chi connectivity index (χ3v) is 2.91. The molecule has 1 N–H and O–H groups in total. The first-order valence-electron chi connectivity index (χ1n) is 5.52. The maximum Gasteiger partial charge on any atom is 0.274 e. The molecule has 0 atom stereocenters. The third-order valence-electron chi connectivity index (χ3n) is 2.47. The average molecular weight is 327 g/mol. The lowest BCUT2D eigenvalue weighted by atomic mass is 10.1. The van der Waals surface area contributed by atoms with Crippen molar-refractivity contribution >= 4 is 27.5 Å². The van der Waals surface area contributed by atoms with Gasteiger partial charge in [0.25, 0.3) is 5.91 Å². The summed E-state index contributed by atoms with van der Waals surface area (Å²) in [6.07, 6.45) is 0. The summed E-state index contributed by atoms with van der Waals surface area (Å²) in [5, 5.41) is 20.4. The van der Waals surface area contributed by atoms with Crippen LogP contribution in [0.5, 0.6) is 0 Å². The van der Waals surface area contributed by atoms with Crippen molar-refractivity contribution in [1.29, 1.82) is 10.5 Å². The minimum absolute atomic E-state index is 0.215. The summed E-state index contributed by atoms with van der Waals surface area (Å²) < 4.78 is 0.558. The molecule has 0 saturated carbocycles. The Morgan fingerprint density at radius 1 is 1.15 bits per heavy atom. The van der Waals surface area contributed by atoms with E-state index in [9.17, 15) is 4.79 Å². The van der Waals surface area contributed by atoms with Gasteiger partial charge in [0.15, 0.2) is 0 Å². The molecule has 0 aliphatic rings. The number of aromatic nitrogens is 1. The average Bonchev–Trinajstić information content (AvgIpc) is 2.47. The molecule has 5 nitrogen and oxygen atoms in total. The van der Waals surface area contributed by atoms with Gasteiger partial charge in [-0.25, -0.2) is 4.98 Å². The van der Waals surface area contributed by atoms with Crippen molar-refractivity contribution in [2.24, 2.45) is 0 Å². The van der Waals surface area contributed by atoms with Gasteiger partial charge in [0.05, 0.1) is 11.1 Å². The Bertz CT molecular complexity index is 758.